The van der Waals surface area contributed by atoms with Crippen molar-refractivity contribution in [3.63, 3.8) is 0 Å². The molecule has 4 rings (SSSR count). The molecule has 1 fully saturated rings. The number of hydrogen-bond donors (Lipinski definition) is 0. The number of fused-ring (bicyclic) bond motifs is 1. The Morgan fingerprint density at radius 1 is 1.13 bits per heavy atom. The van der Waals surface area contributed by atoms with Gasteiger partial charge in [0.2, 0.25) is 5.91 Å². The van der Waals surface area contributed by atoms with Gasteiger partial charge in [-0.15, -0.1) is 0 Å². The molecule has 8 nitrogen and oxygen atoms in total. The van der Waals surface area contributed by atoms with Gasteiger partial charge in [-0.3, -0.25) is 19.7 Å². The molecule has 0 N–H and O–H groups in total. The second-order valence-electron chi connectivity index (χ2n) is 8.06. The molecule has 2 amide bonds. The van der Waals surface area contributed by atoms with Crippen LogP contribution in [0.4, 0.5) is 5.69 Å². The molecule has 0 aromatic heterocycles. The summed E-state index contributed by atoms with van der Waals surface area (Å²) in [5.74, 6) is 0.463. The molecular formula is C23H25N3O5. The number of ether oxygens (including phenoxy) is 1. The number of methoxy groups -OCH3 is 1. The van der Waals surface area contributed by atoms with Gasteiger partial charge in [-0.2, -0.15) is 0 Å². The molecule has 2 aromatic rings. The minimum absolute atomic E-state index is 0.0204. The van der Waals surface area contributed by atoms with Crippen LogP contribution in [-0.2, 0) is 17.8 Å². The quantitative estimate of drug-likeness (QED) is 0.557. The Hall–Kier alpha value is -3.42. The molecule has 31 heavy (non-hydrogen) atoms. The number of benzene rings is 2. The van der Waals surface area contributed by atoms with Crippen LogP contribution < -0.4 is 4.74 Å². The maximum atomic E-state index is 13.3. The Morgan fingerprint density at radius 2 is 1.94 bits per heavy atom. The normalized spacial score (nSPS) is 17.9. The van der Waals surface area contributed by atoms with Crippen molar-refractivity contribution in [1.82, 2.24) is 9.80 Å². The Morgan fingerprint density at radius 3 is 2.65 bits per heavy atom. The summed E-state index contributed by atoms with van der Waals surface area (Å²) >= 11 is 0. The highest BCUT2D eigenvalue weighted by Crippen LogP contribution is 2.28. The summed E-state index contributed by atoms with van der Waals surface area (Å²) in [6, 6.07) is 9.78. The standard InChI is InChI=1S/C23H25N3O5/c1-15-12-17(6-8-20(15)26(29)30)22(27)25-10-3-4-21(25)23(28)24-11-9-16-5-7-19(31-2)13-18(16)14-24/h5-8,12-13,21H,3-4,9-11,14H2,1-2H3/t21-/m1/s1. The van der Waals surface area contributed by atoms with Crippen molar-refractivity contribution in [3.05, 3.63) is 68.8 Å². The molecule has 0 aliphatic carbocycles. The van der Waals surface area contributed by atoms with E-state index in [0.29, 0.717) is 37.2 Å². The fourth-order valence-corrected chi connectivity index (χ4v) is 4.48. The number of nitrogens with zero attached hydrogens (tertiary/aromatic N) is 3. The van der Waals surface area contributed by atoms with Crippen LogP contribution in [0.5, 0.6) is 5.75 Å². The molecular weight excluding hydrogens is 398 g/mol. The number of hydrogen-bond acceptors (Lipinski definition) is 5. The number of nitro benzene ring substituents is 1. The highest BCUT2D eigenvalue weighted by atomic mass is 16.6. The number of carbonyl (C=O) groups excluding carboxylic acids is 2. The van der Waals surface area contributed by atoms with Gasteiger partial charge < -0.3 is 14.5 Å². The summed E-state index contributed by atoms with van der Waals surface area (Å²) < 4.78 is 5.31. The largest absolute Gasteiger partial charge is 0.497 e. The zero-order valence-corrected chi connectivity index (χ0v) is 17.7. The molecule has 162 valence electrons. The first-order valence-corrected chi connectivity index (χ1v) is 10.4. The van der Waals surface area contributed by atoms with Gasteiger partial charge in [0.1, 0.15) is 11.8 Å². The van der Waals surface area contributed by atoms with Crippen molar-refractivity contribution in [3.8, 4) is 5.75 Å². The first kappa shape index (κ1) is 20.8. The van der Waals surface area contributed by atoms with Crippen molar-refractivity contribution in [1.29, 1.82) is 0 Å². The van der Waals surface area contributed by atoms with Gasteiger partial charge >= 0.3 is 0 Å². The van der Waals surface area contributed by atoms with Gasteiger partial charge in [-0.1, -0.05) is 6.07 Å². The summed E-state index contributed by atoms with van der Waals surface area (Å²) in [6.07, 6.45) is 2.15. The maximum absolute atomic E-state index is 13.3. The molecule has 0 unspecified atom stereocenters. The Bertz CT molecular complexity index is 1050. The number of likely N-dealkylation sites (tertiary alicyclic amines) is 1. The van der Waals surface area contributed by atoms with E-state index < -0.39 is 11.0 Å². The van der Waals surface area contributed by atoms with Crippen molar-refractivity contribution >= 4 is 17.5 Å². The van der Waals surface area contributed by atoms with Crippen molar-refractivity contribution in [2.75, 3.05) is 20.2 Å². The van der Waals surface area contributed by atoms with Crippen molar-refractivity contribution in [2.45, 2.75) is 38.8 Å². The third-order valence-corrected chi connectivity index (χ3v) is 6.18. The number of rotatable bonds is 4. The predicted molar refractivity (Wildman–Crippen MR) is 114 cm³/mol. The molecule has 8 heteroatoms. The van der Waals surface area contributed by atoms with E-state index in [-0.39, 0.29) is 17.5 Å². The Balaban J connectivity index is 1.51. The molecule has 1 atom stereocenters. The lowest BCUT2D eigenvalue weighted by molar-refractivity contribution is -0.385. The number of nitro groups is 1. The fourth-order valence-electron chi connectivity index (χ4n) is 4.48. The monoisotopic (exact) mass is 423 g/mol. The lowest BCUT2D eigenvalue weighted by Crippen LogP contribution is -2.49. The third kappa shape index (κ3) is 3.97. The SMILES string of the molecule is COc1ccc2c(c1)CN(C(=O)[C@H]1CCCN1C(=O)c1ccc([N+](=O)[O-])c(C)c1)CC2. The van der Waals surface area contributed by atoms with E-state index in [0.717, 1.165) is 24.2 Å². The van der Waals surface area contributed by atoms with Gasteiger partial charge in [-0.25, -0.2) is 0 Å². The number of amides is 2. The Kier molecular flexibility index (Phi) is 5.63. The zero-order valence-electron chi connectivity index (χ0n) is 17.7. The minimum Gasteiger partial charge on any atom is -0.497 e. The van der Waals surface area contributed by atoms with Gasteiger partial charge in [-0.05, 0) is 61.6 Å². The summed E-state index contributed by atoms with van der Waals surface area (Å²) in [5, 5.41) is 11.1. The van der Waals surface area contributed by atoms with E-state index in [1.165, 1.54) is 23.8 Å². The van der Waals surface area contributed by atoms with Gasteiger partial charge in [0, 0.05) is 36.8 Å². The predicted octanol–water partition coefficient (Wildman–Crippen LogP) is 3.10. The van der Waals surface area contributed by atoms with Gasteiger partial charge in [0.15, 0.2) is 0 Å². The lowest BCUT2D eigenvalue weighted by Gasteiger charge is -2.33. The highest BCUT2D eigenvalue weighted by molar-refractivity contribution is 5.98. The molecule has 1 saturated heterocycles. The molecule has 2 aromatic carbocycles. The van der Waals surface area contributed by atoms with Crippen molar-refractivity contribution < 1.29 is 19.2 Å². The van der Waals surface area contributed by atoms with E-state index in [4.69, 9.17) is 4.74 Å². The van der Waals surface area contributed by atoms with Crippen LogP contribution in [0, 0.1) is 17.0 Å². The molecule has 0 saturated carbocycles. The summed E-state index contributed by atoms with van der Waals surface area (Å²) in [7, 11) is 1.62. The summed E-state index contributed by atoms with van der Waals surface area (Å²) in [6.45, 7) is 3.23. The van der Waals surface area contributed by atoms with Crippen LogP contribution in [-0.4, -0.2) is 52.8 Å². The van der Waals surface area contributed by atoms with Crippen LogP contribution in [0.15, 0.2) is 36.4 Å². The molecule has 2 heterocycles. The Labute approximate surface area is 180 Å². The van der Waals surface area contributed by atoms with E-state index in [1.54, 1.807) is 18.9 Å². The topological polar surface area (TPSA) is 93.0 Å². The van der Waals surface area contributed by atoms with Crippen molar-refractivity contribution in [2.24, 2.45) is 0 Å². The fraction of sp³-hybridized carbons (Fsp3) is 0.391. The summed E-state index contributed by atoms with van der Waals surface area (Å²) in [5.41, 5.74) is 3.07. The van der Waals surface area contributed by atoms with Crippen LogP contribution in [0.3, 0.4) is 0 Å². The molecule has 0 bridgehead atoms. The van der Waals surface area contributed by atoms with E-state index >= 15 is 0 Å². The summed E-state index contributed by atoms with van der Waals surface area (Å²) in [4.78, 5) is 40.5. The average Bonchev–Trinajstić information content (AvgIpc) is 3.26. The molecule has 2 aliphatic rings. The van der Waals surface area contributed by atoms with E-state index in [1.807, 2.05) is 23.1 Å². The number of carbonyl (C=O) groups is 2. The zero-order chi connectivity index (χ0) is 22.1. The van der Waals surface area contributed by atoms with Gasteiger partial charge in [0.05, 0.1) is 12.0 Å². The second-order valence-corrected chi connectivity index (χ2v) is 8.06. The lowest BCUT2D eigenvalue weighted by atomic mass is 9.98. The first-order chi connectivity index (χ1) is 14.9. The second kappa shape index (κ2) is 8.37. The van der Waals surface area contributed by atoms with Gasteiger partial charge in [0.25, 0.3) is 11.6 Å². The van der Waals surface area contributed by atoms with Crippen LogP contribution in [0.25, 0.3) is 0 Å². The minimum atomic E-state index is -0.504. The van der Waals surface area contributed by atoms with Crippen LogP contribution in [0.1, 0.15) is 39.9 Å². The van der Waals surface area contributed by atoms with Crippen LogP contribution in [0.2, 0.25) is 0 Å². The van der Waals surface area contributed by atoms with Crippen LogP contribution >= 0.6 is 0 Å². The molecule has 2 aliphatic heterocycles. The smallest absolute Gasteiger partial charge is 0.272 e. The maximum Gasteiger partial charge on any atom is 0.272 e. The highest BCUT2D eigenvalue weighted by Gasteiger charge is 2.38. The number of aryl methyl sites for hydroxylation is 1. The first-order valence-electron chi connectivity index (χ1n) is 10.4. The molecule has 0 spiro atoms. The van der Waals surface area contributed by atoms with E-state index in [2.05, 4.69) is 0 Å². The average molecular weight is 423 g/mol. The third-order valence-electron chi connectivity index (χ3n) is 6.18. The van der Waals surface area contributed by atoms with E-state index in [9.17, 15) is 19.7 Å². The molecule has 0 radical (unpaired) electrons.